The number of fused-ring (bicyclic) bond motifs is 1. The Morgan fingerprint density at radius 1 is 1.10 bits per heavy atom. The lowest BCUT2D eigenvalue weighted by Crippen LogP contribution is -2.23. The van der Waals surface area contributed by atoms with Crippen LogP contribution in [-0.2, 0) is 12.7 Å². The Morgan fingerprint density at radius 2 is 1.81 bits per heavy atom. The van der Waals surface area contributed by atoms with Crippen LogP contribution in [0.25, 0.3) is 11.2 Å². The number of carbonyl (C=O) groups excluding carboxylic acids is 1. The van der Waals surface area contributed by atoms with Gasteiger partial charge in [-0.15, -0.1) is 5.10 Å². The van der Waals surface area contributed by atoms with E-state index in [0.29, 0.717) is 5.56 Å². The number of alkyl halides is 3. The molecule has 2 aromatic heterocycles. The van der Waals surface area contributed by atoms with Gasteiger partial charge in [0.1, 0.15) is 5.82 Å². The van der Waals surface area contributed by atoms with Crippen LogP contribution in [0.5, 0.6) is 0 Å². The van der Waals surface area contributed by atoms with Crippen molar-refractivity contribution in [3.63, 3.8) is 0 Å². The highest BCUT2D eigenvalue weighted by atomic mass is 19.4. The zero-order valence-electron chi connectivity index (χ0n) is 15.4. The molecule has 158 valence electrons. The maximum Gasteiger partial charge on any atom is 0.418 e. The summed E-state index contributed by atoms with van der Waals surface area (Å²) < 4.78 is 53.8. The first kappa shape index (κ1) is 20.2. The van der Waals surface area contributed by atoms with Gasteiger partial charge in [0.15, 0.2) is 11.2 Å². The molecule has 0 aliphatic heterocycles. The molecule has 31 heavy (non-hydrogen) atoms. The second kappa shape index (κ2) is 7.63. The maximum absolute atomic E-state index is 13.1. The van der Waals surface area contributed by atoms with E-state index in [9.17, 15) is 27.2 Å². The van der Waals surface area contributed by atoms with Crippen molar-refractivity contribution in [3.8, 4) is 0 Å². The lowest BCUT2D eigenvalue weighted by molar-refractivity contribution is -0.136. The van der Waals surface area contributed by atoms with Gasteiger partial charge in [0.2, 0.25) is 5.82 Å². The number of rotatable bonds is 4. The van der Waals surface area contributed by atoms with Gasteiger partial charge < -0.3 is 10.3 Å². The molecule has 8 nitrogen and oxygen atoms in total. The summed E-state index contributed by atoms with van der Waals surface area (Å²) in [4.78, 5) is 31.0. The summed E-state index contributed by atoms with van der Waals surface area (Å²) in [6.45, 7) is 0.0746. The molecule has 4 rings (SSSR count). The van der Waals surface area contributed by atoms with Crippen molar-refractivity contribution in [2.45, 2.75) is 12.7 Å². The minimum atomic E-state index is -4.69. The van der Waals surface area contributed by atoms with Crippen LogP contribution in [0.2, 0.25) is 0 Å². The smallest absolute Gasteiger partial charge is 0.319 e. The lowest BCUT2D eigenvalue weighted by atomic mass is 10.1. The van der Waals surface area contributed by atoms with Gasteiger partial charge in [-0.3, -0.25) is 9.59 Å². The van der Waals surface area contributed by atoms with Crippen LogP contribution in [0.3, 0.4) is 0 Å². The molecule has 0 saturated carbocycles. The van der Waals surface area contributed by atoms with Crippen molar-refractivity contribution in [2.75, 3.05) is 5.32 Å². The standard InChI is InChI=1S/C19H12F4N6O2/c20-11-7-5-10(6-8-11)9-29-16-14(27-28-29)17(30)26-15(25-16)18(31)24-13-4-2-1-3-12(13)19(21,22)23/h1-8H,9H2,(H,24,31)(H,25,26,30). The normalized spacial score (nSPS) is 11.6. The van der Waals surface area contributed by atoms with Crippen LogP contribution in [0.15, 0.2) is 53.3 Å². The summed E-state index contributed by atoms with van der Waals surface area (Å²) in [6, 6.07) is 9.89. The minimum Gasteiger partial charge on any atom is -0.319 e. The maximum atomic E-state index is 13.1. The monoisotopic (exact) mass is 432 g/mol. The zero-order valence-corrected chi connectivity index (χ0v) is 15.4. The number of nitrogens with one attached hydrogen (secondary N) is 2. The molecule has 2 heterocycles. The Morgan fingerprint density at radius 3 is 2.52 bits per heavy atom. The van der Waals surface area contributed by atoms with Gasteiger partial charge in [0, 0.05) is 0 Å². The molecule has 0 aliphatic rings. The van der Waals surface area contributed by atoms with E-state index in [1.165, 1.54) is 41.1 Å². The fourth-order valence-electron chi connectivity index (χ4n) is 2.86. The number of H-pyrrole nitrogens is 1. The van der Waals surface area contributed by atoms with E-state index in [0.717, 1.165) is 12.1 Å². The first-order valence-electron chi connectivity index (χ1n) is 8.78. The number of anilines is 1. The highest BCUT2D eigenvalue weighted by Crippen LogP contribution is 2.34. The number of halogens is 4. The molecule has 0 unspecified atom stereocenters. The van der Waals surface area contributed by atoms with E-state index in [4.69, 9.17) is 0 Å². The van der Waals surface area contributed by atoms with Crippen LogP contribution in [0, 0.1) is 5.82 Å². The fraction of sp³-hybridized carbons (Fsp3) is 0.105. The number of benzene rings is 2. The molecular weight excluding hydrogens is 420 g/mol. The average molecular weight is 432 g/mol. The lowest BCUT2D eigenvalue weighted by Gasteiger charge is -2.13. The van der Waals surface area contributed by atoms with Crippen LogP contribution in [0.4, 0.5) is 23.2 Å². The molecule has 0 bridgehead atoms. The van der Waals surface area contributed by atoms with Gasteiger partial charge in [-0.05, 0) is 29.8 Å². The zero-order chi connectivity index (χ0) is 22.2. The van der Waals surface area contributed by atoms with Gasteiger partial charge in [0.25, 0.3) is 11.5 Å². The second-order valence-corrected chi connectivity index (χ2v) is 6.46. The van der Waals surface area contributed by atoms with Gasteiger partial charge in [0.05, 0.1) is 17.8 Å². The number of para-hydroxylation sites is 1. The number of carbonyl (C=O) groups is 1. The van der Waals surface area contributed by atoms with Crippen LogP contribution in [-0.4, -0.2) is 30.9 Å². The number of amides is 1. The molecular formula is C19H12F4N6O2. The minimum absolute atomic E-state index is 0.0534. The van der Waals surface area contributed by atoms with Crippen molar-refractivity contribution >= 4 is 22.8 Å². The Kier molecular flexibility index (Phi) is 4.97. The van der Waals surface area contributed by atoms with E-state index in [1.54, 1.807) is 0 Å². The Bertz CT molecular complexity index is 1330. The molecule has 4 aromatic rings. The van der Waals surface area contributed by atoms with Crippen molar-refractivity contribution in [3.05, 3.63) is 81.7 Å². The molecule has 0 radical (unpaired) electrons. The van der Waals surface area contributed by atoms with Gasteiger partial charge in [-0.2, -0.15) is 13.2 Å². The topological polar surface area (TPSA) is 106 Å². The summed E-state index contributed by atoms with van der Waals surface area (Å²) in [5, 5.41) is 9.64. The van der Waals surface area contributed by atoms with E-state index in [-0.39, 0.29) is 17.7 Å². The molecule has 0 spiro atoms. The predicted molar refractivity (Wildman–Crippen MR) is 101 cm³/mol. The summed E-state index contributed by atoms with van der Waals surface area (Å²) in [7, 11) is 0. The van der Waals surface area contributed by atoms with E-state index in [2.05, 4.69) is 25.6 Å². The quantitative estimate of drug-likeness (QED) is 0.483. The van der Waals surface area contributed by atoms with Crippen LogP contribution in [0.1, 0.15) is 21.7 Å². The number of aromatic amines is 1. The molecule has 0 saturated heterocycles. The molecule has 2 aromatic carbocycles. The van der Waals surface area contributed by atoms with E-state index < -0.39 is 40.5 Å². The molecule has 0 aliphatic carbocycles. The number of aromatic nitrogens is 5. The number of nitrogens with zero attached hydrogens (tertiary/aromatic N) is 4. The van der Waals surface area contributed by atoms with Gasteiger partial charge in [-0.1, -0.05) is 29.5 Å². The fourth-order valence-corrected chi connectivity index (χ4v) is 2.86. The first-order chi connectivity index (χ1) is 14.7. The van der Waals surface area contributed by atoms with Gasteiger partial charge in [-0.25, -0.2) is 14.1 Å². The largest absolute Gasteiger partial charge is 0.418 e. The Hall–Kier alpha value is -4.09. The summed E-state index contributed by atoms with van der Waals surface area (Å²) in [5.74, 6) is -2.00. The van der Waals surface area contributed by atoms with Crippen LogP contribution >= 0.6 is 0 Å². The molecule has 2 N–H and O–H groups in total. The highest BCUT2D eigenvalue weighted by Gasteiger charge is 2.33. The van der Waals surface area contributed by atoms with Crippen molar-refractivity contribution in [1.29, 1.82) is 0 Å². The molecule has 0 fully saturated rings. The Balaban J connectivity index is 1.68. The molecule has 1 amide bonds. The van der Waals surface area contributed by atoms with Gasteiger partial charge >= 0.3 is 6.18 Å². The average Bonchev–Trinajstić information content (AvgIpc) is 3.12. The third-order valence-corrected chi connectivity index (χ3v) is 4.32. The predicted octanol–water partition coefficient (Wildman–Crippen LogP) is 2.97. The first-order valence-corrected chi connectivity index (χ1v) is 8.78. The highest BCUT2D eigenvalue weighted by molar-refractivity contribution is 6.02. The van der Waals surface area contributed by atoms with Crippen LogP contribution < -0.4 is 10.9 Å². The third kappa shape index (κ3) is 4.13. The molecule has 0 atom stereocenters. The van der Waals surface area contributed by atoms with Crippen molar-refractivity contribution in [2.24, 2.45) is 0 Å². The van der Waals surface area contributed by atoms with Crippen molar-refractivity contribution in [1.82, 2.24) is 25.0 Å². The van der Waals surface area contributed by atoms with Crippen molar-refractivity contribution < 1.29 is 22.4 Å². The number of hydrogen-bond acceptors (Lipinski definition) is 5. The summed E-state index contributed by atoms with van der Waals surface area (Å²) >= 11 is 0. The van der Waals surface area contributed by atoms with E-state index >= 15 is 0 Å². The number of hydrogen-bond donors (Lipinski definition) is 2. The third-order valence-electron chi connectivity index (χ3n) is 4.32. The molecule has 12 heteroatoms. The summed E-state index contributed by atoms with van der Waals surface area (Å²) in [5.41, 5.74) is -1.91. The van der Waals surface area contributed by atoms with E-state index in [1.807, 2.05) is 0 Å². The second-order valence-electron chi connectivity index (χ2n) is 6.46. The summed E-state index contributed by atoms with van der Waals surface area (Å²) in [6.07, 6.45) is -4.69. The Labute approximate surface area is 170 Å². The SMILES string of the molecule is O=C(Nc1ccccc1C(F)(F)F)c1nc2c(nnn2Cc2ccc(F)cc2)c(=O)[nH]1.